The summed E-state index contributed by atoms with van der Waals surface area (Å²) in [7, 11) is 0. The molecule has 0 aliphatic heterocycles. The second kappa shape index (κ2) is 12.0. The van der Waals surface area contributed by atoms with E-state index in [1.807, 2.05) is 0 Å². The van der Waals surface area contributed by atoms with Crippen molar-refractivity contribution in [1.82, 2.24) is 10.3 Å². The third kappa shape index (κ3) is 6.19. The van der Waals surface area contributed by atoms with Crippen molar-refractivity contribution in [2.45, 2.75) is 6.54 Å². The molecule has 0 aliphatic rings. The minimum absolute atomic E-state index is 0.117. The van der Waals surface area contributed by atoms with Crippen LogP contribution in [0.25, 0.3) is 0 Å². The van der Waals surface area contributed by atoms with E-state index in [1.165, 1.54) is 24.5 Å². The monoisotopic (exact) mass is 596 g/mol. The van der Waals surface area contributed by atoms with Gasteiger partial charge in [-0.05, 0) is 35.9 Å². The van der Waals surface area contributed by atoms with Gasteiger partial charge in [-0.3, -0.25) is 9.78 Å². The molecule has 216 valence electrons. The van der Waals surface area contributed by atoms with Crippen LogP contribution < -0.4 is 14.8 Å². The van der Waals surface area contributed by atoms with Gasteiger partial charge in [-0.1, -0.05) is 0 Å². The fourth-order valence-electron chi connectivity index (χ4n) is 3.36. The Hall–Kier alpha value is -5.34. The van der Waals surface area contributed by atoms with E-state index in [0.29, 0.717) is 11.6 Å². The number of ether oxygens (including phenoxy) is 2. The maximum absolute atomic E-state index is 14.0. The highest BCUT2D eigenvalue weighted by Crippen LogP contribution is 2.29. The maximum Gasteiger partial charge on any atom is 0.343 e. The van der Waals surface area contributed by atoms with Gasteiger partial charge in [0.1, 0.15) is 0 Å². The molecule has 0 atom stereocenters. The van der Waals surface area contributed by atoms with Crippen LogP contribution in [0.2, 0.25) is 0 Å². The fraction of sp³-hybridized carbons (Fsp3) is 0.0370. The van der Waals surface area contributed by atoms with Crippen molar-refractivity contribution in [3.63, 3.8) is 0 Å². The first-order valence-corrected chi connectivity index (χ1v) is 11.3. The molecular formula is C27H12F8N2O5. The Bertz CT molecular complexity index is 1590. The third-order valence-electron chi connectivity index (χ3n) is 5.40. The van der Waals surface area contributed by atoms with Gasteiger partial charge in [0, 0.05) is 36.6 Å². The zero-order valence-corrected chi connectivity index (χ0v) is 20.4. The number of amides is 1. The summed E-state index contributed by atoms with van der Waals surface area (Å²) in [6, 6.07) is 4.75. The van der Waals surface area contributed by atoms with Crippen LogP contribution in [0.5, 0.6) is 11.5 Å². The van der Waals surface area contributed by atoms with Crippen LogP contribution in [-0.2, 0) is 6.54 Å². The number of pyridine rings is 1. The highest BCUT2D eigenvalue weighted by molar-refractivity contribution is 6.02. The van der Waals surface area contributed by atoms with E-state index < -0.39 is 92.6 Å². The number of halogens is 8. The zero-order chi connectivity index (χ0) is 30.7. The Morgan fingerprint density at radius 3 is 1.38 bits per heavy atom. The van der Waals surface area contributed by atoms with Gasteiger partial charge >= 0.3 is 11.9 Å². The molecule has 4 aromatic rings. The van der Waals surface area contributed by atoms with Gasteiger partial charge in [-0.15, -0.1) is 0 Å². The van der Waals surface area contributed by atoms with Crippen LogP contribution in [0, 0.1) is 46.5 Å². The van der Waals surface area contributed by atoms with E-state index in [9.17, 15) is 49.5 Å². The predicted octanol–water partition coefficient (Wildman–Crippen LogP) is 5.56. The van der Waals surface area contributed by atoms with Crippen molar-refractivity contribution in [1.29, 1.82) is 0 Å². The molecule has 15 heteroatoms. The Labute approximate surface area is 229 Å². The minimum atomic E-state index is -2.09. The molecule has 0 bridgehead atoms. The summed E-state index contributed by atoms with van der Waals surface area (Å²) in [5.41, 5.74) is -1.70. The lowest BCUT2D eigenvalue weighted by atomic mass is 10.0. The normalized spacial score (nSPS) is 10.8. The number of rotatable bonds is 7. The molecule has 4 rings (SSSR count). The second-order valence-corrected chi connectivity index (χ2v) is 8.21. The van der Waals surface area contributed by atoms with E-state index in [0.717, 1.165) is 12.1 Å². The standard InChI is InChI=1S/C27H12F8N2O5/c28-15-8-16(29)20(33)23(19(15)32)41-26(39)13-5-12(25(38)37-10-11-1-3-36-4-2-11)6-14(7-13)27(40)42-24-21(34)17(30)9-18(31)22(24)35/h1-9H,10H2,(H,37,38). The summed E-state index contributed by atoms with van der Waals surface area (Å²) in [6.45, 7) is -0.117. The largest absolute Gasteiger partial charge is 0.416 e. The number of esters is 2. The number of nitrogens with zero attached hydrogens (tertiary/aromatic N) is 1. The Balaban J connectivity index is 1.72. The Morgan fingerprint density at radius 1 is 0.595 bits per heavy atom. The van der Waals surface area contributed by atoms with Crippen molar-refractivity contribution < 1.29 is 59.0 Å². The van der Waals surface area contributed by atoms with Crippen LogP contribution in [0.1, 0.15) is 36.6 Å². The average Bonchev–Trinajstić information content (AvgIpc) is 2.98. The molecule has 0 spiro atoms. The fourth-order valence-corrected chi connectivity index (χ4v) is 3.36. The van der Waals surface area contributed by atoms with Crippen LogP contribution in [-0.4, -0.2) is 22.8 Å². The predicted molar refractivity (Wildman–Crippen MR) is 124 cm³/mol. The molecule has 3 aromatic carbocycles. The van der Waals surface area contributed by atoms with Gasteiger partial charge in [0.25, 0.3) is 5.91 Å². The third-order valence-corrected chi connectivity index (χ3v) is 5.40. The van der Waals surface area contributed by atoms with Crippen molar-refractivity contribution >= 4 is 17.8 Å². The molecule has 1 aromatic heterocycles. The SMILES string of the molecule is O=C(NCc1ccncc1)c1cc(C(=O)Oc2c(F)c(F)cc(F)c2F)cc(C(=O)Oc2c(F)c(F)cc(F)c2F)c1. The summed E-state index contributed by atoms with van der Waals surface area (Å²) in [5, 5.41) is 2.40. The average molecular weight is 596 g/mol. The zero-order valence-electron chi connectivity index (χ0n) is 20.4. The highest BCUT2D eigenvalue weighted by Gasteiger charge is 2.27. The van der Waals surface area contributed by atoms with Crippen molar-refractivity contribution in [2.24, 2.45) is 0 Å². The van der Waals surface area contributed by atoms with Crippen molar-refractivity contribution in [2.75, 3.05) is 0 Å². The Morgan fingerprint density at radius 2 is 0.976 bits per heavy atom. The number of aromatic nitrogens is 1. The lowest BCUT2D eigenvalue weighted by molar-refractivity contribution is 0.0716. The van der Waals surface area contributed by atoms with Gasteiger partial charge < -0.3 is 14.8 Å². The van der Waals surface area contributed by atoms with Crippen LogP contribution in [0.4, 0.5) is 35.1 Å². The van der Waals surface area contributed by atoms with Gasteiger partial charge in [0.15, 0.2) is 23.3 Å². The number of nitrogens with one attached hydrogen (secondary N) is 1. The Kier molecular flexibility index (Phi) is 8.49. The number of carbonyl (C=O) groups excluding carboxylic acids is 3. The molecule has 1 N–H and O–H groups in total. The van der Waals surface area contributed by atoms with Crippen molar-refractivity contribution in [3.05, 3.63) is 124 Å². The smallest absolute Gasteiger partial charge is 0.343 e. The number of hydrogen-bond acceptors (Lipinski definition) is 6. The van der Waals surface area contributed by atoms with E-state index in [2.05, 4.69) is 19.8 Å². The number of hydrogen-bond donors (Lipinski definition) is 1. The summed E-state index contributed by atoms with van der Waals surface area (Å²) in [4.78, 5) is 42.0. The molecule has 0 fully saturated rings. The van der Waals surface area contributed by atoms with Gasteiger partial charge in [-0.2, -0.15) is 17.6 Å². The molecule has 0 saturated heterocycles. The molecule has 1 heterocycles. The first kappa shape index (κ1) is 29.6. The molecule has 7 nitrogen and oxygen atoms in total. The summed E-state index contributed by atoms with van der Waals surface area (Å²) in [6.07, 6.45) is 2.82. The maximum atomic E-state index is 14.0. The molecule has 0 unspecified atom stereocenters. The molecule has 0 saturated carbocycles. The first-order chi connectivity index (χ1) is 19.9. The first-order valence-electron chi connectivity index (χ1n) is 11.3. The molecule has 1 amide bonds. The quantitative estimate of drug-likeness (QED) is 0.130. The molecule has 0 aliphatic carbocycles. The summed E-state index contributed by atoms with van der Waals surface area (Å²) in [5.74, 6) is -24.1. The second-order valence-electron chi connectivity index (χ2n) is 8.21. The van der Waals surface area contributed by atoms with E-state index in [1.54, 1.807) is 0 Å². The lowest BCUT2D eigenvalue weighted by Crippen LogP contribution is -2.24. The number of carbonyl (C=O) groups is 3. The van der Waals surface area contributed by atoms with E-state index in [-0.39, 0.29) is 18.7 Å². The van der Waals surface area contributed by atoms with E-state index in [4.69, 9.17) is 0 Å². The van der Waals surface area contributed by atoms with Crippen LogP contribution in [0.15, 0.2) is 54.9 Å². The lowest BCUT2D eigenvalue weighted by Gasteiger charge is -2.12. The van der Waals surface area contributed by atoms with Gasteiger partial charge in [-0.25, -0.2) is 27.2 Å². The molecular weight excluding hydrogens is 584 g/mol. The van der Waals surface area contributed by atoms with Crippen LogP contribution >= 0.6 is 0 Å². The molecule has 42 heavy (non-hydrogen) atoms. The summed E-state index contributed by atoms with van der Waals surface area (Å²) < 4.78 is 119. The minimum Gasteiger partial charge on any atom is -0.416 e. The van der Waals surface area contributed by atoms with Crippen molar-refractivity contribution in [3.8, 4) is 11.5 Å². The highest BCUT2D eigenvalue weighted by atomic mass is 19.2. The number of benzene rings is 3. The molecule has 0 radical (unpaired) electrons. The summed E-state index contributed by atoms with van der Waals surface area (Å²) >= 11 is 0. The van der Waals surface area contributed by atoms with Gasteiger partial charge in [0.2, 0.25) is 34.8 Å². The van der Waals surface area contributed by atoms with Gasteiger partial charge in [0.05, 0.1) is 11.1 Å². The van der Waals surface area contributed by atoms with Crippen LogP contribution in [0.3, 0.4) is 0 Å². The van der Waals surface area contributed by atoms with E-state index >= 15 is 0 Å². The topological polar surface area (TPSA) is 94.6 Å².